The van der Waals surface area contributed by atoms with Crippen LogP contribution in [0.3, 0.4) is 0 Å². The van der Waals surface area contributed by atoms with Crippen LogP contribution in [0.1, 0.15) is 18.6 Å². The number of carboxylic acid groups (broad SMARTS) is 1. The standard InChI is InChI=1S/C22H23NO8/c1-14(5-8-20(25)26)21(15-3-2-4-17(11-15)28-10-9-24)31-22(27)23-16-6-7-18-19(12-16)30-13-29-18/h2-8,11-12,14,21,24H,9-10,13H2,1H3,(H,23,27)(H,25,26)/b8-5+/t14-,21+/m0/s1. The highest BCUT2D eigenvalue weighted by atomic mass is 16.7. The number of hydrogen-bond acceptors (Lipinski definition) is 7. The van der Waals surface area contributed by atoms with Crippen LogP contribution in [-0.4, -0.2) is 42.3 Å². The van der Waals surface area contributed by atoms with Crippen LogP contribution >= 0.6 is 0 Å². The summed E-state index contributed by atoms with van der Waals surface area (Å²) in [4.78, 5) is 23.5. The number of rotatable bonds is 9. The lowest BCUT2D eigenvalue weighted by Gasteiger charge is -2.23. The number of nitrogens with one attached hydrogen (secondary N) is 1. The Morgan fingerprint density at radius 1 is 1.19 bits per heavy atom. The van der Waals surface area contributed by atoms with Crippen LogP contribution < -0.4 is 19.5 Å². The van der Waals surface area contributed by atoms with E-state index in [9.17, 15) is 9.59 Å². The largest absolute Gasteiger partial charge is 0.491 e. The zero-order valence-corrected chi connectivity index (χ0v) is 16.8. The first-order chi connectivity index (χ1) is 15.0. The monoisotopic (exact) mass is 429 g/mol. The molecule has 1 amide bonds. The van der Waals surface area contributed by atoms with Crippen molar-refractivity contribution in [2.45, 2.75) is 13.0 Å². The van der Waals surface area contributed by atoms with Gasteiger partial charge < -0.3 is 29.2 Å². The van der Waals surface area contributed by atoms with Crippen LogP contribution in [0, 0.1) is 5.92 Å². The summed E-state index contributed by atoms with van der Waals surface area (Å²) >= 11 is 0. The molecular formula is C22H23NO8. The van der Waals surface area contributed by atoms with Crippen molar-refractivity contribution in [1.29, 1.82) is 0 Å². The van der Waals surface area contributed by atoms with Crippen molar-refractivity contribution in [3.63, 3.8) is 0 Å². The van der Waals surface area contributed by atoms with Gasteiger partial charge in [0.25, 0.3) is 0 Å². The van der Waals surface area contributed by atoms with Crippen LogP contribution in [0.15, 0.2) is 54.6 Å². The van der Waals surface area contributed by atoms with Gasteiger partial charge in [-0.15, -0.1) is 0 Å². The molecule has 2 aromatic rings. The molecule has 0 bridgehead atoms. The second kappa shape index (κ2) is 10.4. The second-order valence-electron chi connectivity index (χ2n) is 6.72. The van der Waals surface area contributed by atoms with Crippen molar-refractivity contribution < 1.29 is 38.7 Å². The normalized spacial score (nSPS) is 14.1. The second-order valence-corrected chi connectivity index (χ2v) is 6.72. The molecule has 0 spiro atoms. The molecule has 2 aromatic carbocycles. The van der Waals surface area contributed by atoms with E-state index in [1.54, 1.807) is 49.4 Å². The molecule has 9 heteroatoms. The highest BCUT2D eigenvalue weighted by molar-refractivity contribution is 5.85. The lowest BCUT2D eigenvalue weighted by atomic mass is 9.96. The van der Waals surface area contributed by atoms with Crippen LogP contribution in [0.2, 0.25) is 0 Å². The summed E-state index contributed by atoms with van der Waals surface area (Å²) in [5.41, 5.74) is 1.07. The molecule has 0 saturated carbocycles. The number of amides is 1. The molecule has 1 heterocycles. The summed E-state index contributed by atoms with van der Waals surface area (Å²) in [5, 5.41) is 20.5. The molecule has 0 unspecified atom stereocenters. The van der Waals surface area contributed by atoms with Gasteiger partial charge in [-0.3, -0.25) is 5.32 Å². The summed E-state index contributed by atoms with van der Waals surface area (Å²) < 4.78 is 21.6. The van der Waals surface area contributed by atoms with Crippen molar-refractivity contribution in [3.05, 3.63) is 60.2 Å². The van der Waals surface area contributed by atoms with Gasteiger partial charge in [0.05, 0.1) is 6.61 Å². The first kappa shape index (κ1) is 22.0. The van der Waals surface area contributed by atoms with Crippen molar-refractivity contribution in [2.24, 2.45) is 5.92 Å². The van der Waals surface area contributed by atoms with E-state index in [1.165, 1.54) is 6.08 Å². The molecule has 2 atom stereocenters. The lowest BCUT2D eigenvalue weighted by Crippen LogP contribution is -2.21. The predicted octanol–water partition coefficient (Wildman–Crippen LogP) is 3.35. The maximum absolute atomic E-state index is 12.6. The molecule has 0 aromatic heterocycles. The summed E-state index contributed by atoms with van der Waals surface area (Å²) in [6.45, 7) is 1.83. The van der Waals surface area contributed by atoms with E-state index in [-0.39, 0.29) is 20.0 Å². The maximum atomic E-state index is 12.6. The van der Waals surface area contributed by atoms with Gasteiger partial charge in [-0.2, -0.15) is 0 Å². The quantitative estimate of drug-likeness (QED) is 0.519. The maximum Gasteiger partial charge on any atom is 0.412 e. The Kier molecular flexibility index (Phi) is 7.34. The summed E-state index contributed by atoms with van der Waals surface area (Å²) in [7, 11) is 0. The number of ether oxygens (including phenoxy) is 4. The summed E-state index contributed by atoms with van der Waals surface area (Å²) in [6, 6.07) is 11.8. The fourth-order valence-electron chi connectivity index (χ4n) is 3.00. The first-order valence-electron chi connectivity index (χ1n) is 9.58. The zero-order valence-electron chi connectivity index (χ0n) is 16.8. The smallest absolute Gasteiger partial charge is 0.412 e. The highest BCUT2D eigenvalue weighted by Crippen LogP contribution is 2.35. The number of carboxylic acids is 1. The van der Waals surface area contributed by atoms with Gasteiger partial charge in [-0.1, -0.05) is 25.1 Å². The number of carbonyl (C=O) groups excluding carboxylic acids is 1. The topological polar surface area (TPSA) is 124 Å². The Hall–Kier alpha value is -3.72. The lowest BCUT2D eigenvalue weighted by molar-refractivity contribution is -0.131. The zero-order chi connectivity index (χ0) is 22.2. The summed E-state index contributed by atoms with van der Waals surface area (Å²) in [5.74, 6) is 0.0395. The summed E-state index contributed by atoms with van der Waals surface area (Å²) in [6.07, 6.45) is 0.939. The van der Waals surface area contributed by atoms with Gasteiger partial charge in [-0.05, 0) is 29.8 Å². The fourth-order valence-corrected chi connectivity index (χ4v) is 3.00. The van der Waals surface area contributed by atoms with E-state index in [0.717, 1.165) is 6.08 Å². The van der Waals surface area contributed by atoms with Gasteiger partial charge >= 0.3 is 12.1 Å². The molecule has 0 aliphatic carbocycles. The SMILES string of the molecule is C[C@@H](/C=C/C(=O)O)[C@@H](OC(=O)Nc1ccc2c(c1)OCO2)c1cccc(OCCO)c1. The van der Waals surface area contributed by atoms with Crippen LogP contribution in [0.4, 0.5) is 10.5 Å². The van der Waals surface area contributed by atoms with Gasteiger partial charge in [0.15, 0.2) is 11.5 Å². The molecule has 1 aliphatic rings. The van der Waals surface area contributed by atoms with E-state index in [0.29, 0.717) is 28.5 Å². The van der Waals surface area contributed by atoms with Crippen LogP contribution in [-0.2, 0) is 9.53 Å². The Bertz CT molecular complexity index is 958. The molecule has 0 radical (unpaired) electrons. The number of benzene rings is 2. The number of aliphatic carboxylic acids is 1. The molecule has 164 valence electrons. The van der Waals surface area contributed by atoms with E-state index >= 15 is 0 Å². The van der Waals surface area contributed by atoms with E-state index < -0.39 is 24.1 Å². The molecule has 9 nitrogen and oxygen atoms in total. The molecule has 3 rings (SSSR count). The van der Waals surface area contributed by atoms with Gasteiger partial charge in [0, 0.05) is 23.7 Å². The average Bonchev–Trinajstić information content (AvgIpc) is 3.22. The molecular weight excluding hydrogens is 406 g/mol. The van der Waals surface area contributed by atoms with Gasteiger partial charge in [-0.25, -0.2) is 9.59 Å². The third-order valence-corrected chi connectivity index (χ3v) is 4.42. The van der Waals surface area contributed by atoms with E-state index in [2.05, 4.69) is 5.32 Å². The Balaban J connectivity index is 1.77. The van der Waals surface area contributed by atoms with Crippen molar-refractivity contribution in [3.8, 4) is 17.2 Å². The third kappa shape index (κ3) is 6.13. The third-order valence-electron chi connectivity index (χ3n) is 4.42. The average molecular weight is 429 g/mol. The number of carbonyl (C=O) groups is 2. The van der Waals surface area contributed by atoms with Gasteiger partial charge in [0.1, 0.15) is 18.5 Å². The molecule has 1 aliphatic heterocycles. The molecule has 3 N–H and O–H groups in total. The number of aliphatic hydroxyl groups excluding tert-OH is 1. The van der Waals surface area contributed by atoms with E-state index in [4.69, 9.17) is 29.2 Å². The predicted molar refractivity (Wildman–Crippen MR) is 110 cm³/mol. The van der Waals surface area contributed by atoms with Gasteiger partial charge in [0.2, 0.25) is 6.79 Å². The molecule has 31 heavy (non-hydrogen) atoms. The fraction of sp³-hybridized carbons (Fsp3) is 0.273. The Labute approximate surface area is 178 Å². The Morgan fingerprint density at radius 3 is 2.77 bits per heavy atom. The van der Waals surface area contributed by atoms with Crippen molar-refractivity contribution in [2.75, 3.05) is 25.3 Å². The highest BCUT2D eigenvalue weighted by Gasteiger charge is 2.23. The molecule has 0 fully saturated rings. The van der Waals surface area contributed by atoms with Crippen molar-refractivity contribution in [1.82, 2.24) is 0 Å². The van der Waals surface area contributed by atoms with E-state index in [1.807, 2.05) is 0 Å². The van der Waals surface area contributed by atoms with Crippen LogP contribution in [0.5, 0.6) is 17.2 Å². The minimum Gasteiger partial charge on any atom is -0.491 e. The number of anilines is 1. The number of fused-ring (bicyclic) bond motifs is 1. The molecule has 0 saturated heterocycles. The number of aliphatic hydroxyl groups is 1. The number of hydrogen-bond donors (Lipinski definition) is 3. The minimum absolute atomic E-state index is 0.118. The minimum atomic E-state index is -1.10. The van der Waals surface area contributed by atoms with Crippen molar-refractivity contribution >= 4 is 17.7 Å². The Morgan fingerprint density at radius 2 is 2.00 bits per heavy atom. The first-order valence-corrected chi connectivity index (χ1v) is 9.58. The van der Waals surface area contributed by atoms with Crippen LogP contribution in [0.25, 0.3) is 0 Å².